The van der Waals surface area contributed by atoms with Gasteiger partial charge in [0.25, 0.3) is 0 Å². The Morgan fingerprint density at radius 3 is 2.23 bits per heavy atom. The number of rotatable bonds is 5. The highest BCUT2D eigenvalue weighted by Gasteiger charge is 2.29. The van der Waals surface area contributed by atoms with Crippen molar-refractivity contribution in [3.8, 4) is 0 Å². The molecule has 0 spiro atoms. The van der Waals surface area contributed by atoms with Crippen molar-refractivity contribution in [1.82, 2.24) is 0 Å². The molecule has 0 aromatic heterocycles. The minimum Gasteiger partial charge on any atom is -0.379 e. The molecule has 1 atom stereocenters. The summed E-state index contributed by atoms with van der Waals surface area (Å²) in [6.45, 7) is 3.94. The van der Waals surface area contributed by atoms with Crippen molar-refractivity contribution in [2.75, 3.05) is 6.61 Å². The maximum absolute atomic E-state index is 11.8. The third-order valence-electron chi connectivity index (χ3n) is 1.43. The van der Waals surface area contributed by atoms with Crippen LogP contribution in [0.25, 0.3) is 0 Å². The van der Waals surface area contributed by atoms with E-state index in [1.54, 1.807) is 0 Å². The maximum atomic E-state index is 11.8. The van der Waals surface area contributed by atoms with Crippen LogP contribution in [0.5, 0.6) is 0 Å². The van der Waals surface area contributed by atoms with E-state index in [1.165, 1.54) is 0 Å². The van der Waals surface area contributed by atoms with Crippen LogP contribution in [0.2, 0.25) is 0 Å². The van der Waals surface area contributed by atoms with Gasteiger partial charge in [0.2, 0.25) is 0 Å². The Hall–Kier alpha value is -0.290. The van der Waals surface area contributed by atoms with Gasteiger partial charge in [-0.05, 0) is 20.3 Å². The van der Waals surface area contributed by atoms with Crippen molar-refractivity contribution < 1.29 is 17.9 Å². The molecule has 0 aromatic rings. The van der Waals surface area contributed by atoms with Gasteiger partial charge in [-0.15, -0.1) is 0 Å². The van der Waals surface area contributed by atoms with Gasteiger partial charge in [-0.25, -0.2) is 0 Å². The van der Waals surface area contributed by atoms with Crippen molar-refractivity contribution in [3.63, 3.8) is 0 Å². The van der Waals surface area contributed by atoms with Crippen LogP contribution < -0.4 is 5.73 Å². The summed E-state index contributed by atoms with van der Waals surface area (Å²) < 4.78 is 40.4. The molecule has 5 heteroatoms. The number of ether oxygens (including phenoxy) is 1. The first-order chi connectivity index (χ1) is 5.81. The SMILES string of the molecule is CC(C)OCCC(N)CC(F)(F)F. The van der Waals surface area contributed by atoms with E-state index in [-0.39, 0.29) is 19.1 Å². The predicted octanol–water partition coefficient (Wildman–Crippen LogP) is 2.08. The number of nitrogens with two attached hydrogens (primary N) is 1. The second-order valence-electron chi connectivity index (χ2n) is 3.29. The molecular formula is C8H16F3NO. The molecular weight excluding hydrogens is 183 g/mol. The molecule has 0 aliphatic heterocycles. The minimum absolute atomic E-state index is 0.0399. The van der Waals surface area contributed by atoms with Crippen LogP contribution in [0.15, 0.2) is 0 Å². The van der Waals surface area contributed by atoms with Gasteiger partial charge in [-0.3, -0.25) is 0 Å². The van der Waals surface area contributed by atoms with Crippen molar-refractivity contribution in [1.29, 1.82) is 0 Å². The van der Waals surface area contributed by atoms with Gasteiger partial charge >= 0.3 is 6.18 Å². The highest BCUT2D eigenvalue weighted by Crippen LogP contribution is 2.21. The third-order valence-corrected chi connectivity index (χ3v) is 1.43. The molecule has 0 saturated heterocycles. The van der Waals surface area contributed by atoms with Gasteiger partial charge in [0.1, 0.15) is 0 Å². The first kappa shape index (κ1) is 12.7. The number of halogens is 3. The molecule has 13 heavy (non-hydrogen) atoms. The minimum atomic E-state index is -4.17. The van der Waals surface area contributed by atoms with Crippen LogP contribution in [0, 0.1) is 0 Å². The Labute approximate surface area is 76.2 Å². The van der Waals surface area contributed by atoms with Crippen molar-refractivity contribution in [2.45, 2.75) is 45.0 Å². The summed E-state index contributed by atoms with van der Waals surface area (Å²) in [4.78, 5) is 0. The molecule has 2 nitrogen and oxygen atoms in total. The zero-order valence-corrected chi connectivity index (χ0v) is 7.90. The van der Waals surface area contributed by atoms with E-state index in [4.69, 9.17) is 10.5 Å². The molecule has 0 rings (SSSR count). The van der Waals surface area contributed by atoms with Crippen LogP contribution in [0.1, 0.15) is 26.7 Å². The van der Waals surface area contributed by atoms with E-state index in [0.717, 1.165) is 0 Å². The van der Waals surface area contributed by atoms with Crippen LogP contribution in [0.3, 0.4) is 0 Å². The molecule has 0 heterocycles. The summed E-state index contributed by atoms with van der Waals surface area (Å²) in [5.74, 6) is 0. The van der Waals surface area contributed by atoms with Crippen LogP contribution in [-0.4, -0.2) is 24.9 Å². The van der Waals surface area contributed by atoms with Gasteiger partial charge in [0, 0.05) is 12.6 Å². The quantitative estimate of drug-likeness (QED) is 0.735. The third kappa shape index (κ3) is 9.63. The first-order valence-corrected chi connectivity index (χ1v) is 4.25. The Morgan fingerprint density at radius 2 is 1.85 bits per heavy atom. The van der Waals surface area contributed by atoms with Crippen molar-refractivity contribution in [2.24, 2.45) is 5.73 Å². The second kappa shape index (κ2) is 5.44. The highest BCUT2D eigenvalue weighted by atomic mass is 19.4. The fourth-order valence-corrected chi connectivity index (χ4v) is 0.854. The van der Waals surface area contributed by atoms with E-state index in [2.05, 4.69) is 0 Å². The Bertz CT molecular complexity index is 136. The Balaban J connectivity index is 3.46. The molecule has 0 aromatic carbocycles. The topological polar surface area (TPSA) is 35.2 Å². The fourth-order valence-electron chi connectivity index (χ4n) is 0.854. The Kier molecular flexibility index (Phi) is 5.32. The lowest BCUT2D eigenvalue weighted by Crippen LogP contribution is -2.29. The van der Waals surface area contributed by atoms with E-state index in [1.807, 2.05) is 13.8 Å². The average Bonchev–Trinajstić information content (AvgIpc) is 1.81. The first-order valence-electron chi connectivity index (χ1n) is 4.25. The molecule has 0 bridgehead atoms. The number of alkyl halides is 3. The molecule has 0 fully saturated rings. The molecule has 0 radical (unpaired) electrons. The molecule has 0 amide bonds. The van der Waals surface area contributed by atoms with Gasteiger partial charge in [0.15, 0.2) is 0 Å². The highest BCUT2D eigenvalue weighted by molar-refractivity contribution is 4.65. The maximum Gasteiger partial charge on any atom is 0.390 e. The van der Waals surface area contributed by atoms with Crippen LogP contribution in [0.4, 0.5) is 13.2 Å². The van der Waals surface area contributed by atoms with Gasteiger partial charge in [0.05, 0.1) is 12.5 Å². The molecule has 0 aliphatic carbocycles. The van der Waals surface area contributed by atoms with Gasteiger partial charge < -0.3 is 10.5 Å². The van der Waals surface area contributed by atoms with E-state index in [0.29, 0.717) is 0 Å². The summed E-state index contributed by atoms with van der Waals surface area (Å²) in [7, 11) is 0. The second-order valence-corrected chi connectivity index (χ2v) is 3.29. The van der Waals surface area contributed by atoms with Crippen LogP contribution >= 0.6 is 0 Å². The lowest BCUT2D eigenvalue weighted by atomic mass is 10.1. The smallest absolute Gasteiger partial charge is 0.379 e. The monoisotopic (exact) mass is 199 g/mol. The molecule has 2 N–H and O–H groups in total. The molecule has 80 valence electrons. The lowest BCUT2D eigenvalue weighted by Gasteiger charge is -2.14. The van der Waals surface area contributed by atoms with Crippen LogP contribution in [-0.2, 0) is 4.74 Å². The molecule has 1 unspecified atom stereocenters. The van der Waals surface area contributed by atoms with Gasteiger partial charge in [-0.2, -0.15) is 13.2 Å². The fraction of sp³-hybridized carbons (Fsp3) is 1.00. The summed E-state index contributed by atoms with van der Waals surface area (Å²) in [6.07, 6.45) is -4.82. The standard InChI is InChI=1S/C8H16F3NO/c1-6(2)13-4-3-7(12)5-8(9,10)11/h6-7H,3-5,12H2,1-2H3. The van der Waals surface area contributed by atoms with Crippen molar-refractivity contribution in [3.05, 3.63) is 0 Å². The lowest BCUT2D eigenvalue weighted by molar-refractivity contribution is -0.139. The zero-order valence-electron chi connectivity index (χ0n) is 7.90. The predicted molar refractivity (Wildman–Crippen MR) is 44.4 cm³/mol. The number of hydrogen-bond acceptors (Lipinski definition) is 2. The van der Waals surface area contributed by atoms with Gasteiger partial charge in [-0.1, -0.05) is 0 Å². The summed E-state index contributed by atoms with van der Waals surface area (Å²) >= 11 is 0. The normalized spacial score (nSPS) is 15.0. The van der Waals surface area contributed by atoms with E-state index >= 15 is 0 Å². The molecule has 0 saturated carbocycles. The zero-order chi connectivity index (χ0) is 10.5. The van der Waals surface area contributed by atoms with E-state index in [9.17, 15) is 13.2 Å². The average molecular weight is 199 g/mol. The van der Waals surface area contributed by atoms with E-state index < -0.39 is 18.6 Å². The molecule has 0 aliphatic rings. The summed E-state index contributed by atoms with van der Waals surface area (Å²) in [5.41, 5.74) is 5.25. The summed E-state index contributed by atoms with van der Waals surface area (Å²) in [5, 5.41) is 0. The Morgan fingerprint density at radius 1 is 1.31 bits per heavy atom. The summed E-state index contributed by atoms with van der Waals surface area (Å²) in [6, 6.07) is -0.848. The largest absolute Gasteiger partial charge is 0.390 e. The number of hydrogen-bond donors (Lipinski definition) is 1. The van der Waals surface area contributed by atoms with Crippen molar-refractivity contribution >= 4 is 0 Å².